The second-order valence-corrected chi connectivity index (χ2v) is 7.93. The van der Waals surface area contributed by atoms with Crippen LogP contribution in [0.15, 0.2) is 78.4 Å². The van der Waals surface area contributed by atoms with E-state index in [0.29, 0.717) is 32.9 Å². The number of thiophene rings is 1. The lowest BCUT2D eigenvalue weighted by molar-refractivity contribution is 0.104. The number of ketones is 1. The summed E-state index contributed by atoms with van der Waals surface area (Å²) in [7, 11) is 0. The molecule has 0 saturated carbocycles. The molecule has 3 heterocycles. The maximum Gasteiger partial charge on any atom is 0.208 e. The standard InChI is InChI=1S/C24H16FN3O2S/c25-20-8-7-17(12-18(20)16-5-3-15(14-29)4-6-16)21-9-10-26-24-19(13-27-28(21)24)23(30)22-2-1-11-31-22/h1-13,29H,14H2. The van der Waals surface area contributed by atoms with E-state index in [9.17, 15) is 14.3 Å². The molecule has 0 aliphatic heterocycles. The predicted molar refractivity (Wildman–Crippen MR) is 117 cm³/mol. The number of fused-ring (bicyclic) bond motifs is 1. The molecule has 0 amide bonds. The summed E-state index contributed by atoms with van der Waals surface area (Å²) in [5.74, 6) is -0.474. The first kappa shape index (κ1) is 19.3. The highest BCUT2D eigenvalue weighted by molar-refractivity contribution is 7.12. The average Bonchev–Trinajstić information content (AvgIpc) is 3.49. The summed E-state index contributed by atoms with van der Waals surface area (Å²) in [6.45, 7) is -0.0658. The first-order chi connectivity index (χ1) is 15.2. The van der Waals surface area contributed by atoms with E-state index in [2.05, 4.69) is 10.1 Å². The summed E-state index contributed by atoms with van der Waals surface area (Å²) < 4.78 is 16.2. The number of benzene rings is 2. The van der Waals surface area contributed by atoms with Crippen LogP contribution < -0.4 is 0 Å². The van der Waals surface area contributed by atoms with Crippen molar-refractivity contribution in [2.75, 3.05) is 0 Å². The molecule has 0 aliphatic rings. The van der Waals surface area contributed by atoms with Gasteiger partial charge in [0.2, 0.25) is 5.78 Å². The van der Waals surface area contributed by atoms with E-state index >= 15 is 0 Å². The number of aliphatic hydroxyl groups is 1. The van der Waals surface area contributed by atoms with Crippen molar-refractivity contribution in [3.63, 3.8) is 0 Å². The highest BCUT2D eigenvalue weighted by atomic mass is 32.1. The van der Waals surface area contributed by atoms with Crippen LogP contribution in [-0.2, 0) is 6.61 Å². The van der Waals surface area contributed by atoms with Crippen LogP contribution in [-0.4, -0.2) is 25.5 Å². The van der Waals surface area contributed by atoms with Crippen LogP contribution >= 0.6 is 11.3 Å². The molecule has 5 rings (SSSR count). The molecule has 31 heavy (non-hydrogen) atoms. The summed E-state index contributed by atoms with van der Waals surface area (Å²) in [6.07, 6.45) is 3.14. The van der Waals surface area contributed by atoms with Crippen LogP contribution in [0.5, 0.6) is 0 Å². The molecule has 7 heteroatoms. The van der Waals surface area contributed by atoms with Crippen LogP contribution in [0.2, 0.25) is 0 Å². The highest BCUT2D eigenvalue weighted by Crippen LogP contribution is 2.30. The first-order valence-electron chi connectivity index (χ1n) is 9.57. The van der Waals surface area contributed by atoms with Gasteiger partial charge in [0.05, 0.1) is 28.9 Å². The fraction of sp³-hybridized carbons (Fsp3) is 0.0417. The topological polar surface area (TPSA) is 67.5 Å². The van der Waals surface area contributed by atoms with Gasteiger partial charge in [-0.25, -0.2) is 13.9 Å². The molecule has 0 saturated heterocycles. The monoisotopic (exact) mass is 429 g/mol. The predicted octanol–water partition coefficient (Wildman–Crippen LogP) is 4.99. The molecule has 2 aromatic carbocycles. The number of nitrogens with zero attached hydrogens (tertiary/aromatic N) is 3. The van der Waals surface area contributed by atoms with Gasteiger partial charge in [0.1, 0.15) is 5.82 Å². The fourth-order valence-corrected chi connectivity index (χ4v) is 4.18. The maximum absolute atomic E-state index is 14.6. The van der Waals surface area contributed by atoms with E-state index in [0.717, 1.165) is 11.1 Å². The van der Waals surface area contributed by atoms with Gasteiger partial charge in [0.15, 0.2) is 5.65 Å². The summed E-state index contributed by atoms with van der Waals surface area (Å²) >= 11 is 1.37. The number of carbonyl (C=O) groups excluding carboxylic acids is 1. The number of hydrogen-bond acceptors (Lipinski definition) is 5. The van der Waals surface area contributed by atoms with E-state index < -0.39 is 0 Å². The van der Waals surface area contributed by atoms with Gasteiger partial charge in [-0.3, -0.25) is 4.79 Å². The SMILES string of the molecule is O=C(c1cccs1)c1cnn2c(-c3ccc(F)c(-c4ccc(CO)cc4)c3)ccnc12. The Balaban J connectivity index is 1.60. The van der Waals surface area contributed by atoms with Crippen LogP contribution in [0.3, 0.4) is 0 Å². The molecule has 0 aliphatic carbocycles. The van der Waals surface area contributed by atoms with Crippen molar-refractivity contribution in [2.24, 2.45) is 0 Å². The van der Waals surface area contributed by atoms with E-state index in [1.165, 1.54) is 23.6 Å². The van der Waals surface area contributed by atoms with Crippen molar-refractivity contribution in [3.8, 4) is 22.4 Å². The van der Waals surface area contributed by atoms with Gasteiger partial charge < -0.3 is 5.11 Å². The molecule has 0 atom stereocenters. The summed E-state index contributed by atoms with van der Waals surface area (Å²) in [4.78, 5) is 17.8. The van der Waals surface area contributed by atoms with Gasteiger partial charge in [-0.15, -0.1) is 11.3 Å². The van der Waals surface area contributed by atoms with Gasteiger partial charge in [-0.2, -0.15) is 5.10 Å². The molecule has 3 aromatic heterocycles. The van der Waals surface area contributed by atoms with E-state index in [1.807, 2.05) is 11.4 Å². The van der Waals surface area contributed by atoms with Crippen molar-refractivity contribution in [2.45, 2.75) is 6.61 Å². The number of aromatic nitrogens is 3. The van der Waals surface area contributed by atoms with E-state index in [-0.39, 0.29) is 18.2 Å². The zero-order chi connectivity index (χ0) is 21.4. The van der Waals surface area contributed by atoms with Crippen molar-refractivity contribution in [1.29, 1.82) is 0 Å². The molecular weight excluding hydrogens is 413 g/mol. The maximum atomic E-state index is 14.6. The lowest BCUT2D eigenvalue weighted by Crippen LogP contribution is -2.01. The molecule has 1 N–H and O–H groups in total. The van der Waals surface area contributed by atoms with Gasteiger partial charge >= 0.3 is 0 Å². The van der Waals surface area contributed by atoms with E-state index in [4.69, 9.17) is 0 Å². The normalized spacial score (nSPS) is 11.2. The highest BCUT2D eigenvalue weighted by Gasteiger charge is 2.19. The number of aliphatic hydroxyl groups excluding tert-OH is 1. The van der Waals surface area contributed by atoms with Gasteiger partial charge in [-0.1, -0.05) is 30.3 Å². The van der Waals surface area contributed by atoms with Gasteiger partial charge in [-0.05, 0) is 46.8 Å². The second kappa shape index (κ2) is 7.86. The van der Waals surface area contributed by atoms with Crippen molar-refractivity contribution in [1.82, 2.24) is 14.6 Å². The van der Waals surface area contributed by atoms with Crippen molar-refractivity contribution < 1.29 is 14.3 Å². The Kier molecular flexibility index (Phi) is 4.89. The second-order valence-electron chi connectivity index (χ2n) is 6.98. The fourth-order valence-electron chi connectivity index (χ4n) is 3.51. The quantitative estimate of drug-likeness (QED) is 0.400. The van der Waals surface area contributed by atoms with Crippen molar-refractivity contribution in [3.05, 3.63) is 100 Å². The van der Waals surface area contributed by atoms with Crippen molar-refractivity contribution >= 4 is 22.8 Å². The Morgan fingerprint density at radius 3 is 2.61 bits per heavy atom. The summed E-state index contributed by atoms with van der Waals surface area (Å²) in [5, 5.41) is 15.5. The van der Waals surface area contributed by atoms with Crippen LogP contribution in [0.1, 0.15) is 20.8 Å². The molecule has 0 fully saturated rings. The molecule has 0 bridgehead atoms. The molecule has 5 aromatic rings. The third kappa shape index (κ3) is 3.43. The van der Waals surface area contributed by atoms with Gasteiger partial charge in [0.25, 0.3) is 0 Å². The Hall–Kier alpha value is -3.68. The molecule has 0 spiro atoms. The number of hydrogen-bond donors (Lipinski definition) is 1. The number of halogens is 1. The summed E-state index contributed by atoms with van der Waals surface area (Å²) in [6, 6.07) is 17.3. The number of carbonyl (C=O) groups is 1. The molecule has 0 radical (unpaired) electrons. The third-order valence-corrected chi connectivity index (χ3v) is 5.97. The van der Waals surface area contributed by atoms with Crippen LogP contribution in [0.4, 0.5) is 4.39 Å². The van der Waals surface area contributed by atoms with Crippen LogP contribution in [0, 0.1) is 5.82 Å². The Morgan fingerprint density at radius 1 is 1.06 bits per heavy atom. The van der Waals surface area contributed by atoms with E-state index in [1.54, 1.807) is 59.2 Å². The van der Waals surface area contributed by atoms with Gasteiger partial charge in [0, 0.05) is 17.3 Å². The zero-order valence-electron chi connectivity index (χ0n) is 16.2. The lowest BCUT2D eigenvalue weighted by atomic mass is 10.00. The Bertz CT molecular complexity index is 1390. The minimum atomic E-state index is -0.347. The summed E-state index contributed by atoms with van der Waals surface area (Å²) in [5.41, 5.74) is 4.22. The largest absolute Gasteiger partial charge is 0.392 e. The first-order valence-corrected chi connectivity index (χ1v) is 10.4. The van der Waals surface area contributed by atoms with Crippen LogP contribution in [0.25, 0.3) is 28.0 Å². The molecular formula is C24H16FN3O2S. The Labute approximate surface area is 181 Å². The zero-order valence-corrected chi connectivity index (χ0v) is 17.0. The minimum absolute atomic E-state index is 0.0658. The average molecular weight is 429 g/mol. The molecule has 5 nitrogen and oxygen atoms in total. The minimum Gasteiger partial charge on any atom is -0.392 e. The lowest BCUT2D eigenvalue weighted by Gasteiger charge is -2.09. The smallest absolute Gasteiger partial charge is 0.208 e. The number of rotatable bonds is 5. The Morgan fingerprint density at radius 2 is 1.87 bits per heavy atom. The molecule has 152 valence electrons. The third-order valence-electron chi connectivity index (χ3n) is 5.10. The molecule has 0 unspecified atom stereocenters.